The van der Waals surface area contributed by atoms with Gasteiger partial charge in [0.15, 0.2) is 0 Å². The first-order valence-corrected chi connectivity index (χ1v) is 5.04. The van der Waals surface area contributed by atoms with Gasteiger partial charge in [0.2, 0.25) is 0 Å². The second kappa shape index (κ2) is 5.72. The van der Waals surface area contributed by atoms with E-state index in [1.807, 2.05) is 23.7 Å². The minimum absolute atomic E-state index is 0.470. The van der Waals surface area contributed by atoms with Crippen molar-refractivity contribution in [3.8, 4) is 5.75 Å². The zero-order valence-electron chi connectivity index (χ0n) is 9.04. The van der Waals surface area contributed by atoms with Crippen LogP contribution in [0.25, 0.3) is 0 Å². The zero-order valence-corrected chi connectivity index (χ0v) is 9.04. The summed E-state index contributed by atoms with van der Waals surface area (Å²) in [5.41, 5.74) is 3.55. The van der Waals surface area contributed by atoms with Gasteiger partial charge in [-0.25, -0.2) is 4.99 Å². The Morgan fingerprint density at radius 2 is 2.12 bits per heavy atom. The largest absolute Gasteiger partial charge is 0.489 e. The monoisotopic (exact) mass is 232 g/mol. The highest BCUT2D eigenvalue weighted by Crippen LogP contribution is 2.18. The predicted octanol–water partition coefficient (Wildman–Crippen LogP) is 2.50. The van der Waals surface area contributed by atoms with Gasteiger partial charge in [-0.1, -0.05) is 0 Å². The molecule has 0 radical (unpaired) electrons. The molecule has 0 atom stereocenters. The van der Waals surface area contributed by atoms with Gasteiger partial charge >= 0.3 is 0 Å². The van der Waals surface area contributed by atoms with E-state index in [2.05, 4.69) is 4.99 Å². The number of aliphatic imine (C=N–C) groups is 1. The molecule has 17 heavy (non-hydrogen) atoms. The van der Waals surface area contributed by atoms with Crippen molar-refractivity contribution in [1.29, 1.82) is 0 Å². The van der Waals surface area contributed by atoms with Gasteiger partial charge in [0.25, 0.3) is 0 Å². The van der Waals surface area contributed by atoms with Gasteiger partial charge < -0.3 is 9.15 Å². The molecule has 0 aliphatic heterocycles. The van der Waals surface area contributed by atoms with Gasteiger partial charge in [-0.15, -0.1) is 0 Å². The summed E-state index contributed by atoms with van der Waals surface area (Å²) >= 11 is 0. The van der Waals surface area contributed by atoms with E-state index in [0.29, 0.717) is 6.61 Å². The fourth-order valence-electron chi connectivity index (χ4n) is 1.27. The van der Waals surface area contributed by atoms with Crippen molar-refractivity contribution in [3.05, 3.63) is 48.4 Å². The lowest BCUT2D eigenvalue weighted by atomic mass is 10.3. The number of hydroxylamine groups is 1. The molecule has 0 bridgehead atoms. The third-order valence-corrected chi connectivity index (χ3v) is 2.09. The Morgan fingerprint density at radius 3 is 2.76 bits per heavy atom. The maximum absolute atomic E-state index is 8.34. The van der Waals surface area contributed by atoms with Crippen LogP contribution in [0.1, 0.15) is 5.56 Å². The maximum Gasteiger partial charge on any atom is 0.119 e. The summed E-state index contributed by atoms with van der Waals surface area (Å²) < 4.78 is 10.5. The molecule has 0 fully saturated rings. The van der Waals surface area contributed by atoms with Crippen LogP contribution in [0.4, 0.5) is 5.69 Å². The van der Waals surface area contributed by atoms with Gasteiger partial charge in [0, 0.05) is 5.56 Å². The van der Waals surface area contributed by atoms with E-state index in [-0.39, 0.29) is 0 Å². The van der Waals surface area contributed by atoms with E-state index in [4.69, 9.17) is 14.4 Å². The molecule has 1 aromatic heterocycles. The van der Waals surface area contributed by atoms with E-state index < -0.39 is 0 Å². The molecule has 0 aliphatic carbocycles. The highest BCUT2D eigenvalue weighted by molar-refractivity contribution is 5.59. The summed E-state index contributed by atoms with van der Waals surface area (Å²) in [6, 6.07) is 9.05. The Balaban J connectivity index is 1.91. The highest BCUT2D eigenvalue weighted by Gasteiger charge is 1.97. The SMILES string of the molecule is ONC=Nc1ccc(OCc2ccoc2)cc1. The smallest absolute Gasteiger partial charge is 0.119 e. The number of rotatable bonds is 5. The van der Waals surface area contributed by atoms with Gasteiger partial charge in [-0.3, -0.25) is 10.7 Å². The lowest BCUT2D eigenvalue weighted by Gasteiger charge is -2.04. The number of nitrogens with zero attached hydrogens (tertiary/aromatic N) is 1. The fraction of sp³-hybridized carbons (Fsp3) is 0.0833. The van der Waals surface area contributed by atoms with Crippen molar-refractivity contribution in [2.24, 2.45) is 4.99 Å². The molecular formula is C12H12N2O3. The second-order valence-corrected chi connectivity index (χ2v) is 3.30. The molecule has 0 spiro atoms. The normalized spacial score (nSPS) is 10.6. The molecule has 88 valence electrons. The third-order valence-electron chi connectivity index (χ3n) is 2.09. The Morgan fingerprint density at radius 1 is 1.29 bits per heavy atom. The topological polar surface area (TPSA) is 67.0 Å². The summed E-state index contributed by atoms with van der Waals surface area (Å²) in [6.07, 6.45) is 4.45. The first kappa shape index (κ1) is 11.2. The molecular weight excluding hydrogens is 220 g/mol. The maximum atomic E-state index is 8.34. The molecule has 0 unspecified atom stereocenters. The number of hydrogen-bond acceptors (Lipinski definition) is 4. The van der Waals surface area contributed by atoms with E-state index in [9.17, 15) is 0 Å². The first-order chi connectivity index (χ1) is 8.38. The standard InChI is InChI=1S/C12H12N2O3/c15-14-9-13-11-1-3-12(4-2-11)17-8-10-5-6-16-7-10/h1-7,9,15H,8H2,(H,13,14). The second-order valence-electron chi connectivity index (χ2n) is 3.30. The van der Waals surface area contributed by atoms with Crippen molar-refractivity contribution >= 4 is 12.0 Å². The van der Waals surface area contributed by atoms with E-state index in [1.165, 1.54) is 6.34 Å². The number of furan rings is 1. The van der Waals surface area contributed by atoms with Gasteiger partial charge in [-0.2, -0.15) is 0 Å². The van der Waals surface area contributed by atoms with Crippen LogP contribution in [0.15, 0.2) is 52.3 Å². The average molecular weight is 232 g/mol. The van der Waals surface area contributed by atoms with Gasteiger partial charge in [0.05, 0.1) is 18.2 Å². The zero-order chi connectivity index (χ0) is 11.9. The molecule has 1 aromatic carbocycles. The number of nitrogens with one attached hydrogen (secondary N) is 1. The van der Waals surface area contributed by atoms with Gasteiger partial charge in [-0.05, 0) is 30.3 Å². The molecule has 5 heteroatoms. The minimum Gasteiger partial charge on any atom is -0.489 e. The molecule has 0 amide bonds. The summed E-state index contributed by atoms with van der Waals surface area (Å²) in [5, 5.41) is 8.34. The molecule has 0 saturated carbocycles. The lowest BCUT2D eigenvalue weighted by molar-refractivity contribution is 0.240. The molecule has 2 rings (SSSR count). The molecule has 2 aromatic rings. The molecule has 0 aliphatic rings. The number of hydrogen-bond donors (Lipinski definition) is 2. The van der Waals surface area contributed by atoms with Crippen LogP contribution in [-0.2, 0) is 6.61 Å². The predicted molar refractivity (Wildman–Crippen MR) is 62.6 cm³/mol. The Bertz CT molecular complexity index is 463. The van der Waals surface area contributed by atoms with Crippen molar-refractivity contribution in [1.82, 2.24) is 5.48 Å². The molecule has 0 saturated heterocycles. The van der Waals surface area contributed by atoms with E-state index >= 15 is 0 Å². The van der Waals surface area contributed by atoms with Crippen LogP contribution in [0.5, 0.6) is 5.75 Å². The van der Waals surface area contributed by atoms with Crippen LogP contribution >= 0.6 is 0 Å². The van der Waals surface area contributed by atoms with Crippen molar-refractivity contribution in [3.63, 3.8) is 0 Å². The van der Waals surface area contributed by atoms with E-state index in [0.717, 1.165) is 17.0 Å². The van der Waals surface area contributed by atoms with Crippen molar-refractivity contribution in [2.45, 2.75) is 6.61 Å². The Labute approximate surface area is 98.3 Å². The van der Waals surface area contributed by atoms with Gasteiger partial charge in [0.1, 0.15) is 18.7 Å². The minimum atomic E-state index is 0.470. The first-order valence-electron chi connectivity index (χ1n) is 5.04. The molecule has 5 nitrogen and oxygen atoms in total. The van der Waals surface area contributed by atoms with Crippen molar-refractivity contribution in [2.75, 3.05) is 0 Å². The molecule has 2 N–H and O–H groups in total. The van der Waals surface area contributed by atoms with E-state index in [1.54, 1.807) is 24.7 Å². The summed E-state index contributed by atoms with van der Waals surface area (Å²) in [5.74, 6) is 0.752. The van der Waals surface area contributed by atoms with Crippen LogP contribution < -0.4 is 10.2 Å². The lowest BCUT2D eigenvalue weighted by Crippen LogP contribution is -2.00. The fourth-order valence-corrected chi connectivity index (χ4v) is 1.27. The molecule has 1 heterocycles. The quantitative estimate of drug-likeness (QED) is 0.472. The Hall–Kier alpha value is -2.27. The third kappa shape index (κ3) is 3.35. The number of benzene rings is 1. The number of ether oxygens (including phenoxy) is 1. The summed E-state index contributed by atoms with van der Waals surface area (Å²) in [4.78, 5) is 3.92. The van der Waals surface area contributed by atoms with Crippen molar-refractivity contribution < 1.29 is 14.4 Å². The van der Waals surface area contributed by atoms with Crippen LogP contribution in [-0.4, -0.2) is 11.5 Å². The highest BCUT2D eigenvalue weighted by atomic mass is 16.5. The average Bonchev–Trinajstić information content (AvgIpc) is 2.88. The van der Waals surface area contributed by atoms with Crippen LogP contribution in [0, 0.1) is 0 Å². The van der Waals surface area contributed by atoms with Crippen LogP contribution in [0.3, 0.4) is 0 Å². The summed E-state index contributed by atoms with van der Waals surface area (Å²) in [6.45, 7) is 0.470. The Kier molecular flexibility index (Phi) is 3.77. The van der Waals surface area contributed by atoms with Crippen LogP contribution in [0.2, 0.25) is 0 Å². The summed E-state index contributed by atoms with van der Waals surface area (Å²) in [7, 11) is 0.